The molecule has 0 fully saturated rings. The van der Waals surface area contributed by atoms with Crippen molar-refractivity contribution in [3.63, 3.8) is 0 Å². The lowest BCUT2D eigenvalue weighted by atomic mass is 10.1. The van der Waals surface area contributed by atoms with E-state index in [2.05, 4.69) is 5.32 Å². The van der Waals surface area contributed by atoms with Crippen LogP contribution in [-0.4, -0.2) is 44.5 Å². The van der Waals surface area contributed by atoms with E-state index in [0.29, 0.717) is 0 Å². The minimum Gasteiger partial charge on any atom is -0.440 e. The normalized spacial score (nSPS) is 11.9. The molecule has 0 aliphatic rings. The maximum atomic E-state index is 13.0. The molecule has 0 aliphatic carbocycles. The van der Waals surface area contributed by atoms with Gasteiger partial charge in [0.05, 0.1) is 11.3 Å². The highest BCUT2D eigenvalue weighted by atomic mass is 32.2. The zero-order valence-electron chi connectivity index (χ0n) is 14.9. The number of anilines is 1. The summed E-state index contributed by atoms with van der Waals surface area (Å²) in [4.78, 5) is 25.6. The van der Waals surface area contributed by atoms with Crippen LogP contribution in [0.15, 0.2) is 45.9 Å². The Morgan fingerprint density at radius 2 is 1.79 bits per heavy atom. The molecule has 2 rings (SSSR count). The van der Waals surface area contributed by atoms with Crippen LogP contribution in [0.25, 0.3) is 0 Å². The van der Waals surface area contributed by atoms with E-state index in [-0.39, 0.29) is 12.3 Å². The Hall–Kier alpha value is -2.82. The molecule has 1 N–H and O–H groups in total. The lowest BCUT2D eigenvalue weighted by Gasteiger charge is -2.20. The van der Waals surface area contributed by atoms with Crippen molar-refractivity contribution in [2.24, 2.45) is 0 Å². The largest absolute Gasteiger partial charge is 0.440 e. The summed E-state index contributed by atoms with van der Waals surface area (Å²) in [5.41, 5.74) is -1.44. The predicted molar refractivity (Wildman–Crippen MR) is 93.5 cm³/mol. The molecule has 1 heterocycles. The van der Waals surface area contributed by atoms with Crippen molar-refractivity contribution in [3.05, 3.63) is 47.7 Å². The van der Waals surface area contributed by atoms with Crippen LogP contribution in [0.3, 0.4) is 0 Å². The highest BCUT2D eigenvalue weighted by Gasteiger charge is 2.33. The quantitative estimate of drug-likeness (QED) is 0.778. The van der Waals surface area contributed by atoms with Gasteiger partial charge in [-0.25, -0.2) is 8.42 Å². The number of furan rings is 1. The van der Waals surface area contributed by atoms with E-state index in [9.17, 15) is 31.2 Å². The minimum absolute atomic E-state index is 0.0437. The maximum absolute atomic E-state index is 13.0. The molecule has 0 atom stereocenters. The highest BCUT2D eigenvalue weighted by molar-refractivity contribution is 7.90. The molecule has 1 aromatic heterocycles. The molecule has 0 saturated carbocycles. The molecular formula is C17H17F3N2O5S. The van der Waals surface area contributed by atoms with Crippen LogP contribution in [0, 0.1) is 0 Å². The number of carbonyl (C=O) groups is 2. The molecule has 0 saturated heterocycles. The number of nitrogens with zero attached hydrogens (tertiary/aromatic N) is 1. The maximum Gasteiger partial charge on any atom is 0.418 e. The Balaban J connectivity index is 2.14. The Morgan fingerprint density at radius 1 is 1.14 bits per heavy atom. The second kappa shape index (κ2) is 8.05. The number of hydrogen-bond acceptors (Lipinski definition) is 5. The summed E-state index contributed by atoms with van der Waals surface area (Å²) in [6, 6.07) is 6.71. The highest BCUT2D eigenvalue weighted by Crippen LogP contribution is 2.34. The number of carbonyl (C=O) groups excluding carboxylic acids is 2. The number of rotatable bonds is 6. The Kier molecular flexibility index (Phi) is 6.17. The Labute approximate surface area is 159 Å². The van der Waals surface area contributed by atoms with Crippen LogP contribution in [-0.2, 0) is 20.8 Å². The summed E-state index contributed by atoms with van der Waals surface area (Å²) < 4.78 is 66.8. The molecule has 7 nitrogen and oxygen atoms in total. The first-order chi connectivity index (χ1) is 12.9. The fourth-order valence-electron chi connectivity index (χ4n) is 2.32. The third kappa shape index (κ3) is 5.12. The number of likely N-dealkylation sites (N-methyl/N-ethyl adjacent to an activating group) is 1. The number of halogens is 3. The van der Waals surface area contributed by atoms with Crippen molar-refractivity contribution in [3.8, 4) is 0 Å². The lowest BCUT2D eigenvalue weighted by Crippen LogP contribution is -2.38. The molecule has 0 radical (unpaired) electrons. The van der Waals surface area contributed by atoms with E-state index < -0.39 is 50.7 Å². The van der Waals surface area contributed by atoms with E-state index in [1.54, 1.807) is 6.92 Å². The van der Waals surface area contributed by atoms with Gasteiger partial charge in [0.2, 0.25) is 20.8 Å². The smallest absolute Gasteiger partial charge is 0.418 e. The number of amides is 2. The molecule has 28 heavy (non-hydrogen) atoms. The van der Waals surface area contributed by atoms with Crippen molar-refractivity contribution < 1.29 is 35.6 Å². The fraction of sp³-hybridized carbons (Fsp3) is 0.294. The van der Waals surface area contributed by atoms with Crippen LogP contribution in [0.4, 0.5) is 18.9 Å². The van der Waals surface area contributed by atoms with Gasteiger partial charge in [-0.15, -0.1) is 0 Å². The first-order valence-electron chi connectivity index (χ1n) is 7.98. The van der Waals surface area contributed by atoms with Crippen LogP contribution in [0.2, 0.25) is 0 Å². The average Bonchev–Trinajstić information content (AvgIpc) is 3.09. The predicted octanol–water partition coefficient (Wildman–Crippen LogP) is 2.80. The Morgan fingerprint density at radius 3 is 2.32 bits per heavy atom. The fourth-order valence-corrected chi connectivity index (χ4v) is 2.88. The number of nitrogens with one attached hydrogen (secondary N) is 1. The molecule has 0 unspecified atom stereocenters. The minimum atomic E-state index is -4.65. The van der Waals surface area contributed by atoms with Crippen LogP contribution < -0.4 is 5.32 Å². The average molecular weight is 418 g/mol. The zero-order chi connectivity index (χ0) is 21.1. The number of sulfone groups is 1. The molecule has 0 aliphatic heterocycles. The summed E-state index contributed by atoms with van der Waals surface area (Å²) in [7, 11) is -3.65. The summed E-state index contributed by atoms with van der Waals surface area (Å²) >= 11 is 0. The van der Waals surface area contributed by atoms with Crippen LogP contribution in [0.5, 0.6) is 0 Å². The molecule has 2 aromatic rings. The first-order valence-corrected chi connectivity index (χ1v) is 9.88. The number of para-hydroxylation sites is 1. The number of hydrogen-bond donors (Lipinski definition) is 1. The topological polar surface area (TPSA) is 96.7 Å². The second-order valence-electron chi connectivity index (χ2n) is 5.80. The summed E-state index contributed by atoms with van der Waals surface area (Å²) in [5.74, 6) is -1.91. The number of benzene rings is 1. The lowest BCUT2D eigenvalue weighted by molar-refractivity contribution is -0.137. The zero-order valence-corrected chi connectivity index (χ0v) is 15.7. The second-order valence-corrected chi connectivity index (χ2v) is 7.75. The summed E-state index contributed by atoms with van der Waals surface area (Å²) in [5, 5.41) is 1.73. The van der Waals surface area contributed by atoms with Gasteiger partial charge in [-0.1, -0.05) is 12.1 Å². The van der Waals surface area contributed by atoms with Crippen molar-refractivity contribution in [1.82, 2.24) is 4.90 Å². The monoisotopic (exact) mass is 418 g/mol. The van der Waals surface area contributed by atoms with Crippen LogP contribution in [0.1, 0.15) is 23.0 Å². The molecule has 1 aromatic carbocycles. The van der Waals surface area contributed by atoms with Gasteiger partial charge in [0, 0.05) is 12.8 Å². The molecule has 152 valence electrons. The summed E-state index contributed by atoms with van der Waals surface area (Å²) in [6.45, 7) is 1.05. The molecule has 0 spiro atoms. The van der Waals surface area contributed by atoms with Gasteiger partial charge in [-0.05, 0) is 31.2 Å². The van der Waals surface area contributed by atoms with Gasteiger partial charge in [-0.2, -0.15) is 13.2 Å². The van der Waals surface area contributed by atoms with Gasteiger partial charge >= 0.3 is 6.18 Å². The Bertz CT molecular complexity index is 983. The van der Waals surface area contributed by atoms with Gasteiger partial charge in [0.1, 0.15) is 6.54 Å². The van der Waals surface area contributed by atoms with Crippen molar-refractivity contribution >= 4 is 27.3 Å². The van der Waals surface area contributed by atoms with Crippen molar-refractivity contribution in [1.29, 1.82) is 0 Å². The third-order valence-electron chi connectivity index (χ3n) is 3.67. The SMILES string of the molecule is CCN(CC(=O)Nc1ccccc1C(F)(F)F)C(=O)c1ccc(S(C)(=O)=O)o1. The van der Waals surface area contributed by atoms with E-state index in [1.807, 2.05) is 0 Å². The molecule has 11 heteroatoms. The van der Waals surface area contributed by atoms with E-state index in [4.69, 9.17) is 4.42 Å². The third-order valence-corrected chi connectivity index (χ3v) is 4.62. The van der Waals surface area contributed by atoms with Crippen molar-refractivity contribution in [2.45, 2.75) is 18.2 Å². The van der Waals surface area contributed by atoms with E-state index >= 15 is 0 Å². The van der Waals surface area contributed by atoms with Crippen molar-refractivity contribution in [2.75, 3.05) is 24.7 Å². The molecular weight excluding hydrogens is 401 g/mol. The standard InChI is InChI=1S/C17H17F3N2O5S/c1-3-22(16(24)13-8-9-15(27-13)28(2,25)26)10-14(23)21-12-7-5-4-6-11(12)17(18,19)20/h4-9H,3,10H2,1-2H3,(H,21,23). The molecule has 2 amide bonds. The summed E-state index contributed by atoms with van der Waals surface area (Å²) in [6.07, 6.45) is -3.75. The van der Waals surface area contributed by atoms with Gasteiger partial charge < -0.3 is 14.6 Å². The van der Waals surface area contributed by atoms with Gasteiger partial charge in [-0.3, -0.25) is 9.59 Å². The van der Waals surface area contributed by atoms with Crippen LogP contribution >= 0.6 is 0 Å². The van der Waals surface area contributed by atoms with E-state index in [1.165, 1.54) is 12.1 Å². The van der Waals surface area contributed by atoms with E-state index in [0.717, 1.165) is 35.4 Å². The number of alkyl halides is 3. The van der Waals surface area contributed by atoms with Gasteiger partial charge in [0.15, 0.2) is 5.76 Å². The first kappa shape index (κ1) is 21.5. The van der Waals surface area contributed by atoms with Gasteiger partial charge in [0.25, 0.3) is 5.91 Å². The molecule has 0 bridgehead atoms.